The highest BCUT2D eigenvalue weighted by Gasteiger charge is 2.33. The third-order valence-electron chi connectivity index (χ3n) is 2.43. The Bertz CT molecular complexity index is 286. The van der Waals surface area contributed by atoms with E-state index in [1.807, 2.05) is 13.8 Å². The Labute approximate surface area is 102 Å². The van der Waals surface area contributed by atoms with Gasteiger partial charge in [-0.1, -0.05) is 13.8 Å². The van der Waals surface area contributed by atoms with E-state index in [1.165, 1.54) is 14.2 Å². The lowest BCUT2D eigenvalue weighted by Gasteiger charge is -2.25. The van der Waals surface area contributed by atoms with Gasteiger partial charge in [-0.25, -0.2) is 0 Å². The summed E-state index contributed by atoms with van der Waals surface area (Å²) in [7, 11) is -0.727. The van der Waals surface area contributed by atoms with Gasteiger partial charge in [-0.15, -0.1) is 0 Å². The molecule has 0 saturated carbocycles. The van der Waals surface area contributed by atoms with E-state index in [0.717, 1.165) is 0 Å². The van der Waals surface area contributed by atoms with Gasteiger partial charge in [0.15, 0.2) is 0 Å². The van der Waals surface area contributed by atoms with Crippen LogP contribution >= 0.6 is 7.60 Å². The molecule has 2 unspecified atom stereocenters. The molecule has 102 valence electrons. The summed E-state index contributed by atoms with van der Waals surface area (Å²) < 4.78 is 21.6. The van der Waals surface area contributed by atoms with E-state index in [9.17, 15) is 9.36 Å². The van der Waals surface area contributed by atoms with Crippen LogP contribution in [0.2, 0.25) is 0 Å². The lowest BCUT2D eigenvalue weighted by molar-refractivity contribution is -0.140. The second kappa shape index (κ2) is 7.11. The Kier molecular flexibility index (Phi) is 6.94. The summed E-state index contributed by atoms with van der Waals surface area (Å²) >= 11 is 0. The van der Waals surface area contributed by atoms with Crippen LogP contribution in [0.1, 0.15) is 27.2 Å². The molecule has 0 amide bonds. The average molecular weight is 267 g/mol. The first-order valence-electron chi connectivity index (χ1n) is 5.46. The van der Waals surface area contributed by atoms with Crippen LogP contribution in [0.3, 0.4) is 0 Å². The highest BCUT2D eigenvalue weighted by atomic mass is 31.2. The average Bonchev–Trinajstić information content (AvgIpc) is 2.26. The summed E-state index contributed by atoms with van der Waals surface area (Å²) in [5.41, 5.74) is 0. The molecule has 0 aliphatic rings. The van der Waals surface area contributed by atoms with E-state index in [1.54, 1.807) is 6.92 Å². The van der Waals surface area contributed by atoms with E-state index >= 15 is 0 Å². The Hall–Kier alpha value is -0.420. The highest BCUT2D eigenvalue weighted by Crippen LogP contribution is 2.50. The number of hydrogen-bond donors (Lipinski definition) is 2. The fraction of sp³-hybridized carbons (Fsp3) is 0.900. The molecular weight excluding hydrogens is 245 g/mol. The summed E-state index contributed by atoms with van der Waals surface area (Å²) in [5, 5.41) is 11.8. The number of nitrogens with one attached hydrogen (secondary N) is 1. The zero-order valence-electron chi connectivity index (χ0n) is 11.0. The van der Waals surface area contributed by atoms with Gasteiger partial charge in [0.05, 0.1) is 0 Å². The minimum atomic E-state index is -3.28. The Morgan fingerprint density at radius 3 is 2.06 bits per heavy atom. The van der Waals surface area contributed by atoms with Gasteiger partial charge in [0.1, 0.15) is 11.8 Å². The van der Waals surface area contributed by atoms with Gasteiger partial charge in [0.25, 0.3) is 0 Å². The van der Waals surface area contributed by atoms with Gasteiger partial charge < -0.3 is 14.2 Å². The van der Waals surface area contributed by atoms with Crippen molar-refractivity contribution in [2.45, 2.75) is 39.0 Å². The molecule has 2 atom stereocenters. The molecular formula is C10H22NO5P. The highest BCUT2D eigenvalue weighted by molar-refractivity contribution is 7.54. The molecule has 0 saturated heterocycles. The molecule has 17 heavy (non-hydrogen) atoms. The zero-order valence-corrected chi connectivity index (χ0v) is 11.9. The maximum atomic E-state index is 12.0. The SMILES string of the molecule is COP(=O)(OC)C(C)NC(CC(C)C)C(=O)O. The largest absolute Gasteiger partial charge is 0.480 e. The molecule has 0 radical (unpaired) electrons. The summed E-state index contributed by atoms with van der Waals surface area (Å²) in [6.07, 6.45) is 0.451. The van der Waals surface area contributed by atoms with Crippen molar-refractivity contribution < 1.29 is 23.5 Å². The molecule has 2 N–H and O–H groups in total. The van der Waals surface area contributed by atoms with E-state index in [0.29, 0.717) is 6.42 Å². The number of carboxylic acid groups (broad SMARTS) is 1. The zero-order chi connectivity index (χ0) is 13.6. The molecule has 0 aromatic rings. The molecule has 7 heteroatoms. The molecule has 0 heterocycles. The van der Waals surface area contributed by atoms with Gasteiger partial charge in [0, 0.05) is 14.2 Å². The van der Waals surface area contributed by atoms with Crippen LogP contribution in [0.25, 0.3) is 0 Å². The molecule has 0 fully saturated rings. The third kappa shape index (κ3) is 5.17. The van der Waals surface area contributed by atoms with Gasteiger partial charge >= 0.3 is 13.6 Å². The van der Waals surface area contributed by atoms with E-state index in [4.69, 9.17) is 14.2 Å². The number of carbonyl (C=O) groups is 1. The minimum Gasteiger partial charge on any atom is -0.480 e. The standard InChI is InChI=1S/C10H22NO5P/c1-7(2)6-9(10(12)13)11-8(3)17(14,15-4)16-5/h7-9,11H,6H2,1-5H3,(H,12,13). The Morgan fingerprint density at radius 1 is 1.29 bits per heavy atom. The molecule has 6 nitrogen and oxygen atoms in total. The van der Waals surface area contributed by atoms with Crippen LogP contribution in [0.15, 0.2) is 0 Å². The van der Waals surface area contributed by atoms with Gasteiger partial charge in [-0.05, 0) is 19.3 Å². The quantitative estimate of drug-likeness (QED) is 0.653. The lowest BCUT2D eigenvalue weighted by Crippen LogP contribution is -2.43. The van der Waals surface area contributed by atoms with Crippen molar-refractivity contribution in [3.63, 3.8) is 0 Å². The van der Waals surface area contributed by atoms with E-state index in [-0.39, 0.29) is 5.92 Å². The topological polar surface area (TPSA) is 84.9 Å². The first-order chi connectivity index (χ1) is 7.76. The van der Waals surface area contributed by atoms with Crippen LogP contribution in [0, 0.1) is 5.92 Å². The first-order valence-corrected chi connectivity index (χ1v) is 7.08. The fourth-order valence-corrected chi connectivity index (χ4v) is 2.63. The third-order valence-corrected chi connectivity index (χ3v) is 4.55. The maximum absolute atomic E-state index is 12.0. The number of hydrogen-bond acceptors (Lipinski definition) is 5. The molecule has 0 aromatic heterocycles. The second-order valence-corrected chi connectivity index (χ2v) is 6.85. The maximum Gasteiger partial charge on any atom is 0.346 e. The molecule has 0 aliphatic heterocycles. The van der Waals surface area contributed by atoms with Crippen LogP contribution in [0.4, 0.5) is 0 Å². The minimum absolute atomic E-state index is 0.222. The van der Waals surface area contributed by atoms with Crippen molar-refractivity contribution in [3.8, 4) is 0 Å². The van der Waals surface area contributed by atoms with Crippen LogP contribution in [-0.2, 0) is 18.4 Å². The van der Waals surface area contributed by atoms with E-state index in [2.05, 4.69) is 5.32 Å². The predicted octanol–water partition coefficient (Wildman–Crippen LogP) is 1.91. The van der Waals surface area contributed by atoms with Gasteiger partial charge in [0.2, 0.25) is 0 Å². The normalized spacial score (nSPS) is 15.9. The van der Waals surface area contributed by atoms with Crippen LogP contribution in [0.5, 0.6) is 0 Å². The van der Waals surface area contributed by atoms with Crippen LogP contribution in [-0.4, -0.2) is 37.1 Å². The molecule has 0 spiro atoms. The summed E-state index contributed by atoms with van der Waals surface area (Å²) in [4.78, 5) is 11.0. The summed E-state index contributed by atoms with van der Waals surface area (Å²) in [6.45, 7) is 5.44. The van der Waals surface area contributed by atoms with Crippen molar-refractivity contribution >= 4 is 13.6 Å². The fourth-order valence-electron chi connectivity index (χ4n) is 1.48. The lowest BCUT2D eigenvalue weighted by atomic mass is 10.0. The number of aliphatic carboxylic acids is 1. The van der Waals surface area contributed by atoms with Crippen molar-refractivity contribution in [2.24, 2.45) is 5.92 Å². The van der Waals surface area contributed by atoms with Gasteiger partial charge in [-0.3, -0.25) is 14.7 Å². The summed E-state index contributed by atoms with van der Waals surface area (Å²) in [5.74, 6) is -1.41. The second-order valence-electron chi connectivity index (χ2n) is 4.27. The first kappa shape index (κ1) is 16.6. The summed E-state index contributed by atoms with van der Waals surface area (Å²) in [6, 6.07) is -0.761. The van der Waals surface area contributed by atoms with Crippen molar-refractivity contribution in [1.29, 1.82) is 0 Å². The monoisotopic (exact) mass is 267 g/mol. The number of rotatable bonds is 8. The number of carboxylic acids is 1. The van der Waals surface area contributed by atoms with Crippen molar-refractivity contribution in [3.05, 3.63) is 0 Å². The van der Waals surface area contributed by atoms with Crippen molar-refractivity contribution in [1.82, 2.24) is 5.32 Å². The molecule has 0 aromatic carbocycles. The van der Waals surface area contributed by atoms with E-state index < -0.39 is 25.4 Å². The van der Waals surface area contributed by atoms with Crippen LogP contribution < -0.4 is 5.32 Å². The van der Waals surface area contributed by atoms with Crippen molar-refractivity contribution in [2.75, 3.05) is 14.2 Å². The Balaban J connectivity index is 4.65. The predicted molar refractivity (Wildman–Crippen MR) is 65.1 cm³/mol. The molecule has 0 bridgehead atoms. The molecule has 0 rings (SSSR count). The smallest absolute Gasteiger partial charge is 0.346 e. The van der Waals surface area contributed by atoms with Gasteiger partial charge in [-0.2, -0.15) is 0 Å². The molecule has 0 aliphatic carbocycles. The Morgan fingerprint density at radius 2 is 1.76 bits per heavy atom.